The highest BCUT2D eigenvalue weighted by atomic mass is 32.2. The summed E-state index contributed by atoms with van der Waals surface area (Å²) >= 11 is 0. The Labute approximate surface area is 185 Å². The Morgan fingerprint density at radius 1 is 1.00 bits per heavy atom. The molecule has 31 heavy (non-hydrogen) atoms. The van der Waals surface area contributed by atoms with Crippen LogP contribution in [-0.4, -0.2) is 33.0 Å². The Morgan fingerprint density at radius 2 is 1.58 bits per heavy atom. The van der Waals surface area contributed by atoms with Crippen molar-refractivity contribution in [2.24, 2.45) is 11.8 Å². The minimum Gasteiger partial charge on any atom is -0.476 e. The van der Waals surface area contributed by atoms with Gasteiger partial charge >= 0.3 is 0 Å². The van der Waals surface area contributed by atoms with Crippen LogP contribution in [0.2, 0.25) is 0 Å². The number of fused-ring (bicyclic) bond motifs is 1. The number of hydrogen-bond donors (Lipinski definition) is 1. The Balaban J connectivity index is 1.98. The van der Waals surface area contributed by atoms with E-state index >= 15 is 0 Å². The highest BCUT2D eigenvalue weighted by Gasteiger charge is 2.38. The molecule has 0 aliphatic carbocycles. The Bertz CT molecular complexity index is 1040. The van der Waals surface area contributed by atoms with Crippen molar-refractivity contribution in [3.8, 4) is 5.75 Å². The van der Waals surface area contributed by atoms with E-state index in [1.165, 1.54) is 4.31 Å². The Hall–Kier alpha value is -2.54. The molecular formula is C24H32N2O4S. The van der Waals surface area contributed by atoms with Crippen LogP contribution < -0.4 is 14.4 Å². The van der Waals surface area contributed by atoms with Crippen LogP contribution in [0.15, 0.2) is 47.4 Å². The summed E-state index contributed by atoms with van der Waals surface area (Å²) in [5.41, 5.74) is 2.34. The van der Waals surface area contributed by atoms with E-state index in [2.05, 4.69) is 33.0 Å². The van der Waals surface area contributed by atoms with Crippen molar-refractivity contribution in [3.63, 3.8) is 0 Å². The van der Waals surface area contributed by atoms with Gasteiger partial charge in [0, 0.05) is 6.04 Å². The average molecular weight is 445 g/mol. The molecule has 1 heterocycles. The Morgan fingerprint density at radius 3 is 2.16 bits per heavy atom. The lowest BCUT2D eigenvalue weighted by molar-refractivity contribution is -0.129. The summed E-state index contributed by atoms with van der Waals surface area (Å²) in [6.45, 7) is 11.9. The normalized spacial score (nSPS) is 16.4. The molecule has 1 atom stereocenters. The molecule has 0 fully saturated rings. The van der Waals surface area contributed by atoms with Gasteiger partial charge in [0.05, 0.1) is 17.1 Å². The van der Waals surface area contributed by atoms with Crippen molar-refractivity contribution in [3.05, 3.63) is 53.6 Å². The quantitative estimate of drug-likeness (QED) is 0.729. The largest absolute Gasteiger partial charge is 0.476 e. The third-order valence-corrected chi connectivity index (χ3v) is 7.42. The molecule has 0 bridgehead atoms. The molecule has 0 saturated heterocycles. The van der Waals surface area contributed by atoms with E-state index in [-0.39, 0.29) is 35.2 Å². The number of benzene rings is 2. The van der Waals surface area contributed by atoms with Gasteiger partial charge in [0.25, 0.3) is 15.9 Å². The average Bonchev–Trinajstić information content (AvgIpc) is 2.70. The second-order valence-electron chi connectivity index (χ2n) is 8.95. The fourth-order valence-electron chi connectivity index (χ4n) is 3.92. The van der Waals surface area contributed by atoms with Gasteiger partial charge in [0.15, 0.2) is 6.10 Å². The van der Waals surface area contributed by atoms with Crippen LogP contribution in [0.5, 0.6) is 5.75 Å². The van der Waals surface area contributed by atoms with Crippen molar-refractivity contribution >= 4 is 21.6 Å². The van der Waals surface area contributed by atoms with Crippen molar-refractivity contribution in [2.45, 2.75) is 58.6 Å². The van der Waals surface area contributed by atoms with E-state index in [0.29, 0.717) is 11.4 Å². The zero-order valence-corrected chi connectivity index (χ0v) is 19.9. The zero-order chi connectivity index (χ0) is 22.9. The van der Waals surface area contributed by atoms with E-state index in [1.807, 2.05) is 19.9 Å². The molecule has 2 aromatic carbocycles. The van der Waals surface area contributed by atoms with Crippen LogP contribution in [0, 0.1) is 25.7 Å². The number of nitrogens with zero attached hydrogens (tertiary/aromatic N) is 1. The number of aryl methyl sites for hydroxylation is 2. The maximum atomic E-state index is 13.5. The van der Waals surface area contributed by atoms with Crippen LogP contribution in [-0.2, 0) is 14.8 Å². The number of rotatable bonds is 6. The summed E-state index contributed by atoms with van der Waals surface area (Å²) in [5, 5.41) is 3.06. The molecule has 168 valence electrons. The number of carbonyl (C=O) groups is 1. The van der Waals surface area contributed by atoms with Gasteiger partial charge in [-0.1, -0.05) is 51.5 Å². The minimum atomic E-state index is -3.86. The molecule has 0 unspecified atom stereocenters. The first-order chi connectivity index (χ1) is 14.5. The predicted molar refractivity (Wildman–Crippen MR) is 123 cm³/mol. The molecule has 1 N–H and O–H groups in total. The molecule has 2 aromatic rings. The fourth-order valence-corrected chi connectivity index (χ4v) is 5.39. The molecule has 0 aromatic heterocycles. The number of anilines is 1. The number of ether oxygens (including phenoxy) is 1. The van der Waals surface area contributed by atoms with Crippen LogP contribution in [0.25, 0.3) is 0 Å². The summed E-state index contributed by atoms with van der Waals surface area (Å²) in [5.74, 6) is 0.575. The van der Waals surface area contributed by atoms with Crippen LogP contribution >= 0.6 is 0 Å². The fraction of sp³-hybridized carbons (Fsp3) is 0.458. The number of hydrogen-bond acceptors (Lipinski definition) is 4. The van der Waals surface area contributed by atoms with Crippen molar-refractivity contribution in [1.29, 1.82) is 0 Å². The highest BCUT2D eigenvalue weighted by Crippen LogP contribution is 2.38. The molecular weight excluding hydrogens is 412 g/mol. The molecule has 6 nitrogen and oxygen atoms in total. The second-order valence-corrected chi connectivity index (χ2v) is 10.8. The van der Waals surface area contributed by atoms with E-state index in [9.17, 15) is 13.2 Å². The van der Waals surface area contributed by atoms with Gasteiger partial charge < -0.3 is 10.1 Å². The smallest absolute Gasteiger partial charge is 0.264 e. The van der Waals surface area contributed by atoms with E-state index in [0.717, 1.165) is 11.1 Å². The molecule has 7 heteroatoms. The number of amides is 1. The van der Waals surface area contributed by atoms with Crippen molar-refractivity contribution in [1.82, 2.24) is 5.32 Å². The first-order valence-corrected chi connectivity index (χ1v) is 12.1. The SMILES string of the molecule is Cc1ccc(S(=O)(=O)N2C[C@@H](C(=O)NC(C(C)C)C(C)C)Oc3ccc(C)cc32)cc1. The molecule has 1 amide bonds. The van der Waals surface area contributed by atoms with Gasteiger partial charge in [-0.05, 0) is 55.5 Å². The van der Waals surface area contributed by atoms with Gasteiger partial charge in [0.1, 0.15) is 5.75 Å². The first-order valence-electron chi connectivity index (χ1n) is 10.7. The molecule has 0 spiro atoms. The third-order valence-electron chi connectivity index (χ3n) is 5.63. The second kappa shape index (κ2) is 8.91. The molecule has 0 saturated carbocycles. The Kier molecular flexibility index (Phi) is 6.65. The number of nitrogens with one attached hydrogen (secondary N) is 1. The standard InChI is InChI=1S/C24H32N2O4S/c1-15(2)23(16(3)4)25-24(27)22-14-26(20-13-18(6)9-12-21(20)30-22)31(28,29)19-10-7-17(5)8-11-19/h7-13,15-16,22-23H,14H2,1-6H3,(H,25,27)/t22-/m0/s1. The summed E-state index contributed by atoms with van der Waals surface area (Å²) < 4.78 is 34.3. The molecule has 1 aliphatic rings. The van der Waals surface area contributed by atoms with Crippen LogP contribution in [0.1, 0.15) is 38.8 Å². The highest BCUT2D eigenvalue weighted by molar-refractivity contribution is 7.92. The maximum Gasteiger partial charge on any atom is 0.264 e. The van der Waals surface area contributed by atoms with Crippen molar-refractivity contribution in [2.75, 3.05) is 10.8 Å². The van der Waals surface area contributed by atoms with E-state index in [4.69, 9.17) is 4.74 Å². The summed E-state index contributed by atoms with van der Waals surface area (Å²) in [6.07, 6.45) is -0.935. The summed E-state index contributed by atoms with van der Waals surface area (Å²) in [6, 6.07) is 12.1. The number of carbonyl (C=O) groups excluding carboxylic acids is 1. The third kappa shape index (κ3) is 4.87. The molecule has 1 aliphatic heterocycles. The molecule has 3 rings (SSSR count). The van der Waals surface area contributed by atoms with Gasteiger partial charge in [-0.3, -0.25) is 9.10 Å². The monoisotopic (exact) mass is 444 g/mol. The summed E-state index contributed by atoms with van der Waals surface area (Å²) in [7, 11) is -3.86. The van der Waals surface area contributed by atoms with E-state index < -0.39 is 16.1 Å². The van der Waals surface area contributed by atoms with Crippen LogP contribution in [0.4, 0.5) is 5.69 Å². The summed E-state index contributed by atoms with van der Waals surface area (Å²) in [4.78, 5) is 13.3. The van der Waals surface area contributed by atoms with Crippen LogP contribution in [0.3, 0.4) is 0 Å². The van der Waals surface area contributed by atoms with Gasteiger partial charge in [-0.2, -0.15) is 0 Å². The predicted octanol–water partition coefficient (Wildman–Crippen LogP) is 4.06. The molecule has 0 radical (unpaired) electrons. The lowest BCUT2D eigenvalue weighted by Gasteiger charge is -2.36. The van der Waals surface area contributed by atoms with Crippen molar-refractivity contribution < 1.29 is 17.9 Å². The van der Waals surface area contributed by atoms with Gasteiger partial charge in [-0.15, -0.1) is 0 Å². The zero-order valence-electron chi connectivity index (χ0n) is 19.0. The minimum absolute atomic E-state index is 0.0299. The van der Waals surface area contributed by atoms with E-state index in [1.54, 1.807) is 36.4 Å². The lowest BCUT2D eigenvalue weighted by atomic mass is 9.93. The first kappa shape index (κ1) is 23.1. The lowest BCUT2D eigenvalue weighted by Crippen LogP contribution is -2.54. The van der Waals surface area contributed by atoms with Gasteiger partial charge in [0.2, 0.25) is 0 Å². The topological polar surface area (TPSA) is 75.7 Å². The maximum absolute atomic E-state index is 13.5. The number of sulfonamides is 1. The van der Waals surface area contributed by atoms with Gasteiger partial charge in [-0.25, -0.2) is 8.42 Å².